The van der Waals surface area contributed by atoms with Crippen molar-refractivity contribution in [2.75, 3.05) is 34.4 Å². The first-order valence-electron chi connectivity index (χ1n) is 8.89. The van der Waals surface area contributed by atoms with Crippen molar-refractivity contribution in [2.24, 2.45) is 0 Å². The van der Waals surface area contributed by atoms with Gasteiger partial charge in [0, 0.05) is 19.2 Å². The van der Waals surface area contributed by atoms with E-state index in [-0.39, 0.29) is 24.7 Å². The number of methoxy groups -OCH3 is 3. The van der Waals surface area contributed by atoms with Crippen LogP contribution in [0, 0.1) is 0 Å². The summed E-state index contributed by atoms with van der Waals surface area (Å²) in [5.41, 5.74) is 0.690. The van der Waals surface area contributed by atoms with E-state index in [4.69, 9.17) is 18.6 Å². The summed E-state index contributed by atoms with van der Waals surface area (Å²) in [4.78, 5) is 13.8. The van der Waals surface area contributed by atoms with E-state index in [0.29, 0.717) is 28.6 Å². The number of carbonyl (C=O) groups is 1. The largest absolute Gasteiger partial charge is 0.493 e. The fourth-order valence-corrected chi connectivity index (χ4v) is 4.64. The van der Waals surface area contributed by atoms with E-state index in [0.717, 1.165) is 0 Å². The number of rotatable bonds is 8. The molecule has 1 fully saturated rings. The lowest BCUT2D eigenvalue weighted by atomic mass is 10.1. The van der Waals surface area contributed by atoms with Crippen LogP contribution in [0.15, 0.2) is 41.0 Å². The second-order valence-electron chi connectivity index (χ2n) is 6.54. The van der Waals surface area contributed by atoms with E-state index >= 15 is 0 Å². The summed E-state index contributed by atoms with van der Waals surface area (Å²) in [7, 11) is 1.18. The maximum atomic E-state index is 12.4. The molecular formula is C20H23NO7S. The predicted molar refractivity (Wildman–Crippen MR) is 107 cm³/mol. The number of amides is 1. The normalized spacial score (nSPS) is 14.7. The molecule has 2 heterocycles. The van der Waals surface area contributed by atoms with Crippen LogP contribution in [-0.2, 0) is 20.4 Å². The van der Waals surface area contributed by atoms with Crippen LogP contribution >= 0.6 is 0 Å². The van der Waals surface area contributed by atoms with Crippen molar-refractivity contribution in [3.63, 3.8) is 0 Å². The summed E-state index contributed by atoms with van der Waals surface area (Å²) in [5, 5.41) is -0.578. The first kappa shape index (κ1) is 20.8. The van der Waals surface area contributed by atoms with Crippen molar-refractivity contribution in [3.8, 4) is 17.2 Å². The van der Waals surface area contributed by atoms with Crippen LogP contribution in [0.25, 0.3) is 6.08 Å². The molecule has 1 amide bonds. The number of carbonyl (C=O) groups excluding carboxylic acids is 1. The number of likely N-dealkylation sites (tertiary alicyclic amines) is 1. The Morgan fingerprint density at radius 1 is 1.17 bits per heavy atom. The molecule has 2 aromatic rings. The molecular weight excluding hydrogens is 398 g/mol. The Hall–Kier alpha value is -2.94. The average molecular weight is 421 g/mol. The molecule has 156 valence electrons. The molecule has 0 radical (unpaired) electrons. The van der Waals surface area contributed by atoms with E-state index in [1.54, 1.807) is 30.3 Å². The predicted octanol–water partition coefficient (Wildman–Crippen LogP) is 2.14. The van der Waals surface area contributed by atoms with Crippen molar-refractivity contribution < 1.29 is 31.8 Å². The molecule has 29 heavy (non-hydrogen) atoms. The van der Waals surface area contributed by atoms with Gasteiger partial charge in [-0.2, -0.15) is 0 Å². The Kier molecular flexibility index (Phi) is 6.17. The summed E-state index contributed by atoms with van der Waals surface area (Å²) in [5.74, 6) is 1.40. The van der Waals surface area contributed by atoms with Gasteiger partial charge in [-0.1, -0.05) is 0 Å². The van der Waals surface area contributed by atoms with Crippen LogP contribution < -0.4 is 14.2 Å². The monoisotopic (exact) mass is 421 g/mol. The number of sulfone groups is 1. The van der Waals surface area contributed by atoms with Crippen molar-refractivity contribution in [1.82, 2.24) is 4.90 Å². The Morgan fingerprint density at radius 3 is 2.34 bits per heavy atom. The first-order valence-corrected chi connectivity index (χ1v) is 10.6. The van der Waals surface area contributed by atoms with Gasteiger partial charge in [-0.3, -0.25) is 4.79 Å². The summed E-state index contributed by atoms with van der Waals surface area (Å²) in [6, 6.07) is 6.71. The van der Waals surface area contributed by atoms with Crippen molar-refractivity contribution in [1.29, 1.82) is 0 Å². The van der Waals surface area contributed by atoms with E-state index in [9.17, 15) is 13.2 Å². The summed E-state index contributed by atoms with van der Waals surface area (Å²) in [6.07, 6.45) is 4.46. The number of benzene rings is 1. The minimum absolute atomic E-state index is 0.159. The van der Waals surface area contributed by atoms with Crippen LogP contribution in [-0.4, -0.2) is 58.9 Å². The van der Waals surface area contributed by atoms with Crippen LogP contribution in [0.5, 0.6) is 17.2 Å². The highest BCUT2D eigenvalue weighted by molar-refractivity contribution is 7.91. The SMILES string of the molecule is COc1cc(/C=C/C(=O)N2CC(S(=O)(=O)Cc3ccco3)C2)cc(OC)c1OC. The summed E-state index contributed by atoms with van der Waals surface area (Å²) in [6.45, 7) is 0.336. The van der Waals surface area contributed by atoms with E-state index in [2.05, 4.69) is 0 Å². The molecule has 0 atom stereocenters. The third-order valence-corrected chi connectivity index (χ3v) is 6.70. The number of ether oxygens (including phenoxy) is 3. The lowest BCUT2D eigenvalue weighted by molar-refractivity contribution is -0.128. The zero-order chi connectivity index (χ0) is 21.0. The average Bonchev–Trinajstić information content (AvgIpc) is 3.15. The first-order chi connectivity index (χ1) is 13.9. The quantitative estimate of drug-likeness (QED) is 0.603. The fraction of sp³-hybridized carbons (Fsp3) is 0.350. The molecule has 9 heteroatoms. The second kappa shape index (κ2) is 8.60. The molecule has 0 unspecified atom stereocenters. The van der Waals surface area contributed by atoms with E-state index < -0.39 is 15.1 Å². The molecule has 8 nitrogen and oxygen atoms in total. The minimum Gasteiger partial charge on any atom is -0.493 e. The molecule has 1 aromatic heterocycles. The van der Waals surface area contributed by atoms with Crippen molar-refractivity contribution in [2.45, 2.75) is 11.0 Å². The number of hydrogen-bond acceptors (Lipinski definition) is 7. The van der Waals surface area contributed by atoms with Gasteiger partial charge < -0.3 is 23.5 Å². The Labute approximate surface area is 169 Å². The standard InChI is InChI=1S/C20H23NO7S/c1-25-17-9-14(10-18(26-2)20(17)27-3)6-7-19(22)21-11-16(12-21)29(23,24)13-15-5-4-8-28-15/h4-10,16H,11-13H2,1-3H3/b7-6+. The Bertz CT molecular complexity index is 965. The maximum absolute atomic E-state index is 12.4. The van der Waals surface area contributed by atoms with Crippen molar-refractivity contribution in [3.05, 3.63) is 47.9 Å². The van der Waals surface area contributed by atoms with Gasteiger partial charge in [0.25, 0.3) is 0 Å². The Balaban J connectivity index is 1.62. The topological polar surface area (TPSA) is 95.3 Å². The molecule has 3 rings (SSSR count). The molecule has 1 aliphatic heterocycles. The molecule has 0 bridgehead atoms. The van der Waals surface area contributed by atoms with Crippen LogP contribution in [0.3, 0.4) is 0 Å². The molecule has 0 aliphatic carbocycles. The summed E-state index contributed by atoms with van der Waals surface area (Å²) >= 11 is 0. The van der Waals surface area contributed by atoms with Crippen LogP contribution in [0.4, 0.5) is 0 Å². The van der Waals surface area contributed by atoms with Gasteiger partial charge in [0.2, 0.25) is 11.7 Å². The third-order valence-electron chi connectivity index (χ3n) is 4.70. The second-order valence-corrected chi connectivity index (χ2v) is 8.82. The van der Waals surface area contributed by atoms with Gasteiger partial charge in [-0.25, -0.2) is 8.42 Å². The Morgan fingerprint density at radius 2 is 1.83 bits per heavy atom. The van der Waals surface area contributed by atoms with Crippen LogP contribution in [0.1, 0.15) is 11.3 Å². The van der Waals surface area contributed by atoms with Gasteiger partial charge >= 0.3 is 0 Å². The van der Waals surface area contributed by atoms with Gasteiger partial charge in [0.1, 0.15) is 11.5 Å². The lowest BCUT2D eigenvalue weighted by Gasteiger charge is -2.37. The van der Waals surface area contributed by atoms with Gasteiger partial charge in [-0.15, -0.1) is 0 Å². The summed E-state index contributed by atoms with van der Waals surface area (Å²) < 4.78 is 45.7. The van der Waals surface area contributed by atoms with E-state index in [1.165, 1.54) is 38.6 Å². The van der Waals surface area contributed by atoms with Gasteiger partial charge in [-0.05, 0) is 35.9 Å². The molecule has 0 saturated carbocycles. The van der Waals surface area contributed by atoms with Gasteiger partial charge in [0.15, 0.2) is 21.3 Å². The fourth-order valence-electron chi connectivity index (χ4n) is 3.03. The highest BCUT2D eigenvalue weighted by Gasteiger charge is 2.39. The molecule has 0 N–H and O–H groups in total. The molecule has 1 saturated heterocycles. The van der Waals surface area contributed by atoms with Gasteiger partial charge in [0.05, 0.1) is 32.8 Å². The molecule has 1 aliphatic rings. The number of nitrogens with zero attached hydrogens (tertiary/aromatic N) is 1. The smallest absolute Gasteiger partial charge is 0.246 e. The maximum Gasteiger partial charge on any atom is 0.246 e. The van der Waals surface area contributed by atoms with Crippen LogP contribution in [0.2, 0.25) is 0 Å². The van der Waals surface area contributed by atoms with E-state index in [1.807, 2.05) is 0 Å². The number of hydrogen-bond donors (Lipinski definition) is 0. The zero-order valence-electron chi connectivity index (χ0n) is 16.5. The number of furan rings is 1. The minimum atomic E-state index is -3.36. The third kappa shape index (κ3) is 4.56. The lowest BCUT2D eigenvalue weighted by Crippen LogP contribution is -2.56. The zero-order valence-corrected chi connectivity index (χ0v) is 17.3. The highest BCUT2D eigenvalue weighted by atomic mass is 32.2. The van der Waals surface area contributed by atoms with Crippen molar-refractivity contribution >= 4 is 21.8 Å². The molecule has 0 spiro atoms. The molecule has 1 aromatic carbocycles. The highest BCUT2D eigenvalue weighted by Crippen LogP contribution is 2.38.